The van der Waals surface area contributed by atoms with E-state index in [1.165, 1.54) is 23.5 Å². The molecule has 0 saturated carbocycles. The number of hydrogen-bond donors (Lipinski definition) is 5. The molecule has 3 unspecified atom stereocenters. The van der Waals surface area contributed by atoms with Crippen LogP contribution in [0, 0.1) is 0 Å². The molecule has 1 aromatic heterocycles. The number of carbonyl (C=O) groups excluding carboxylic acids is 2. The Balaban J connectivity index is 1.64. The number of amides is 1. The van der Waals surface area contributed by atoms with Gasteiger partial charge in [-0.3, -0.25) is 9.59 Å². The first kappa shape index (κ1) is 26.8. The molecule has 1 aliphatic carbocycles. The van der Waals surface area contributed by atoms with Crippen LogP contribution in [0.15, 0.2) is 41.3 Å². The molecule has 2 aromatic carbocycles. The standard InChI is InChI=1S/C27H33N5O4S2/c1-26(2,3)38(35,36)16-8-6-14(7-9-16)27(30)17-10-11-18(28)22-19(17)20(21(29)24(27)33)23(37-22)25(34)32-15-5-4-12-31-13-15/h6-11,15,21,31H,4-5,12-13,28-30H2,1-3H3,(H,32,34). The highest BCUT2D eigenvalue weighted by molar-refractivity contribution is 7.92. The van der Waals surface area contributed by atoms with Crippen molar-refractivity contribution in [1.29, 1.82) is 0 Å². The van der Waals surface area contributed by atoms with Gasteiger partial charge < -0.3 is 27.8 Å². The normalized spacial score (nSPS) is 24.0. The first-order chi connectivity index (χ1) is 17.8. The highest BCUT2D eigenvalue weighted by atomic mass is 32.2. The van der Waals surface area contributed by atoms with Crippen LogP contribution in [0.1, 0.15) is 66.0 Å². The molecule has 1 saturated heterocycles. The average Bonchev–Trinajstić information content (AvgIpc) is 3.29. The third-order valence-corrected chi connectivity index (χ3v) is 11.3. The molecule has 9 nitrogen and oxygen atoms in total. The number of carbonyl (C=O) groups is 2. The fourth-order valence-corrected chi connectivity index (χ4v) is 7.73. The zero-order valence-corrected chi connectivity index (χ0v) is 23.3. The Morgan fingerprint density at radius 1 is 1.16 bits per heavy atom. The molecule has 202 valence electrons. The van der Waals surface area contributed by atoms with Gasteiger partial charge in [0.05, 0.1) is 25.3 Å². The van der Waals surface area contributed by atoms with Crippen LogP contribution >= 0.6 is 11.3 Å². The molecule has 3 atom stereocenters. The average molecular weight is 556 g/mol. The van der Waals surface area contributed by atoms with Crippen LogP contribution in [0.4, 0.5) is 5.69 Å². The second kappa shape index (κ2) is 9.13. The zero-order chi connectivity index (χ0) is 27.6. The smallest absolute Gasteiger partial charge is 0.262 e. The van der Waals surface area contributed by atoms with Crippen molar-refractivity contribution in [2.24, 2.45) is 11.5 Å². The Labute approximate surface area is 226 Å². The zero-order valence-electron chi connectivity index (χ0n) is 21.6. The lowest BCUT2D eigenvalue weighted by Gasteiger charge is -2.36. The second-order valence-electron chi connectivity index (χ2n) is 11.1. The van der Waals surface area contributed by atoms with Gasteiger partial charge in [0.1, 0.15) is 5.54 Å². The molecule has 38 heavy (non-hydrogen) atoms. The lowest BCUT2D eigenvalue weighted by molar-refractivity contribution is -0.124. The number of nitrogens with one attached hydrogen (secondary N) is 2. The highest BCUT2D eigenvalue weighted by Crippen LogP contribution is 2.49. The van der Waals surface area contributed by atoms with E-state index in [2.05, 4.69) is 10.6 Å². The lowest BCUT2D eigenvalue weighted by Crippen LogP contribution is -2.52. The number of thiophene rings is 1. The van der Waals surface area contributed by atoms with E-state index in [0.717, 1.165) is 19.4 Å². The van der Waals surface area contributed by atoms with Crippen LogP contribution in [0.25, 0.3) is 10.1 Å². The molecule has 0 radical (unpaired) electrons. The number of ketones is 1. The number of anilines is 1. The number of benzene rings is 2. The van der Waals surface area contributed by atoms with Crippen LogP contribution in [-0.4, -0.2) is 44.0 Å². The minimum absolute atomic E-state index is 0.0162. The molecule has 2 heterocycles. The summed E-state index contributed by atoms with van der Waals surface area (Å²) in [6.45, 7) is 6.49. The fourth-order valence-electron chi connectivity index (χ4n) is 5.32. The lowest BCUT2D eigenvalue weighted by atomic mass is 9.70. The number of hydrogen-bond acceptors (Lipinski definition) is 9. The topological polar surface area (TPSA) is 170 Å². The number of nitrogen functional groups attached to an aromatic ring is 1. The molecular weight excluding hydrogens is 522 g/mol. The van der Waals surface area contributed by atoms with Gasteiger partial charge in [-0.25, -0.2) is 8.42 Å². The van der Waals surface area contributed by atoms with Gasteiger partial charge in [-0.15, -0.1) is 11.3 Å². The Morgan fingerprint density at radius 2 is 1.84 bits per heavy atom. The quantitative estimate of drug-likeness (QED) is 0.305. The monoisotopic (exact) mass is 555 g/mol. The Kier molecular flexibility index (Phi) is 6.43. The van der Waals surface area contributed by atoms with E-state index in [9.17, 15) is 18.0 Å². The summed E-state index contributed by atoms with van der Waals surface area (Å²) in [6.07, 6.45) is 1.83. The minimum Gasteiger partial charge on any atom is -0.398 e. The molecular formula is C27H33N5O4S2. The van der Waals surface area contributed by atoms with Gasteiger partial charge in [0.25, 0.3) is 5.91 Å². The van der Waals surface area contributed by atoms with Crippen LogP contribution in [0.3, 0.4) is 0 Å². The summed E-state index contributed by atoms with van der Waals surface area (Å²) in [4.78, 5) is 27.8. The van der Waals surface area contributed by atoms with Crippen LogP contribution in [0.2, 0.25) is 0 Å². The molecule has 0 bridgehead atoms. The molecule has 5 rings (SSSR count). The SMILES string of the molecule is CC(C)(C)S(=O)(=O)c1ccc(C2(N)C(=O)C(N)c3c(C(=O)NC4CCCNC4)sc4c(N)ccc2c34)cc1. The molecule has 1 fully saturated rings. The van der Waals surface area contributed by atoms with Gasteiger partial charge in [-0.05, 0) is 69.5 Å². The maximum atomic E-state index is 13.9. The molecule has 2 aliphatic rings. The van der Waals surface area contributed by atoms with Crippen molar-refractivity contribution in [2.45, 2.75) is 60.9 Å². The van der Waals surface area contributed by atoms with E-state index >= 15 is 0 Å². The number of Topliss-reactive ketones (excluding diaryl/α,β-unsaturated/α-hetero) is 1. The van der Waals surface area contributed by atoms with E-state index in [1.54, 1.807) is 45.0 Å². The summed E-state index contributed by atoms with van der Waals surface area (Å²) < 4.78 is 25.5. The summed E-state index contributed by atoms with van der Waals surface area (Å²) in [5.41, 5.74) is 19.9. The summed E-state index contributed by atoms with van der Waals surface area (Å²) in [5.74, 6) is -0.765. The fraction of sp³-hybridized carbons (Fsp3) is 0.407. The Morgan fingerprint density at radius 3 is 2.45 bits per heavy atom. The van der Waals surface area contributed by atoms with Gasteiger partial charge in [0.15, 0.2) is 15.6 Å². The first-order valence-corrected chi connectivity index (χ1v) is 14.9. The third-order valence-electron chi connectivity index (χ3n) is 7.58. The summed E-state index contributed by atoms with van der Waals surface area (Å²) in [5, 5.41) is 6.96. The Hall–Kier alpha value is -2.83. The van der Waals surface area contributed by atoms with E-state index in [-0.39, 0.29) is 16.8 Å². The summed E-state index contributed by atoms with van der Waals surface area (Å²) >= 11 is 1.21. The van der Waals surface area contributed by atoms with Gasteiger partial charge >= 0.3 is 0 Å². The molecule has 1 aliphatic heterocycles. The largest absolute Gasteiger partial charge is 0.398 e. The number of sulfone groups is 1. The van der Waals surface area contributed by atoms with E-state index in [1.807, 2.05) is 0 Å². The maximum absolute atomic E-state index is 13.9. The van der Waals surface area contributed by atoms with Gasteiger partial charge in [-0.1, -0.05) is 18.2 Å². The summed E-state index contributed by atoms with van der Waals surface area (Å²) in [7, 11) is -3.60. The predicted molar refractivity (Wildman–Crippen MR) is 150 cm³/mol. The van der Waals surface area contributed by atoms with Gasteiger partial charge in [0, 0.05) is 29.2 Å². The van der Waals surface area contributed by atoms with Crippen molar-refractivity contribution in [2.75, 3.05) is 18.8 Å². The molecule has 0 spiro atoms. The number of rotatable bonds is 4. The highest BCUT2D eigenvalue weighted by Gasteiger charge is 2.49. The third kappa shape index (κ3) is 3.95. The van der Waals surface area contributed by atoms with E-state index < -0.39 is 31.9 Å². The van der Waals surface area contributed by atoms with E-state index in [0.29, 0.717) is 43.9 Å². The van der Waals surface area contributed by atoms with Gasteiger partial charge in [0.2, 0.25) is 0 Å². The number of nitrogens with two attached hydrogens (primary N) is 3. The van der Waals surface area contributed by atoms with Crippen molar-refractivity contribution in [1.82, 2.24) is 10.6 Å². The van der Waals surface area contributed by atoms with Crippen molar-refractivity contribution < 1.29 is 18.0 Å². The van der Waals surface area contributed by atoms with Crippen LogP contribution < -0.4 is 27.8 Å². The van der Waals surface area contributed by atoms with Crippen molar-refractivity contribution in [3.05, 3.63) is 58.0 Å². The first-order valence-electron chi connectivity index (χ1n) is 12.6. The van der Waals surface area contributed by atoms with Crippen molar-refractivity contribution >= 4 is 48.6 Å². The van der Waals surface area contributed by atoms with Crippen molar-refractivity contribution in [3.63, 3.8) is 0 Å². The van der Waals surface area contributed by atoms with Gasteiger partial charge in [-0.2, -0.15) is 0 Å². The molecule has 11 heteroatoms. The maximum Gasteiger partial charge on any atom is 0.262 e. The minimum atomic E-state index is -3.60. The molecule has 8 N–H and O–H groups in total. The number of piperidine rings is 1. The van der Waals surface area contributed by atoms with Crippen molar-refractivity contribution in [3.8, 4) is 0 Å². The molecule has 1 amide bonds. The van der Waals surface area contributed by atoms with Crippen LogP contribution in [-0.2, 0) is 20.2 Å². The summed E-state index contributed by atoms with van der Waals surface area (Å²) in [6, 6.07) is 8.26. The Bertz CT molecular complexity index is 1550. The molecule has 3 aromatic rings. The van der Waals surface area contributed by atoms with E-state index in [4.69, 9.17) is 17.2 Å². The predicted octanol–water partition coefficient (Wildman–Crippen LogP) is 2.32. The van der Waals surface area contributed by atoms with Crippen LogP contribution in [0.5, 0.6) is 0 Å². The second-order valence-corrected chi connectivity index (χ2v) is 14.8.